The molecule has 8 nitrogen and oxygen atoms in total. The van der Waals surface area contributed by atoms with Crippen LogP contribution in [-0.2, 0) is 14.3 Å². The van der Waals surface area contributed by atoms with Crippen LogP contribution in [0.2, 0.25) is 0 Å². The second kappa shape index (κ2) is 5.72. The molecule has 0 saturated carbocycles. The highest BCUT2D eigenvalue weighted by atomic mass is 16.6. The molecule has 104 valence electrons. The maximum absolute atomic E-state index is 11.4. The van der Waals surface area contributed by atoms with Gasteiger partial charge in [-0.15, -0.1) is 0 Å². The number of carbonyl (C=O) groups is 2. The Hall–Kier alpha value is -1.06. The quantitative estimate of drug-likeness (QED) is 0.370. The van der Waals surface area contributed by atoms with Crippen LogP contribution in [0.25, 0.3) is 0 Å². The lowest BCUT2D eigenvalue weighted by Gasteiger charge is -2.41. The molecule has 18 heavy (non-hydrogen) atoms. The summed E-state index contributed by atoms with van der Waals surface area (Å²) in [6.07, 6.45) is -6.17. The summed E-state index contributed by atoms with van der Waals surface area (Å²) in [5, 5.41) is 46.3. The number of Topliss-reactive ketones (excluding diaryl/α,β-unsaturated/α-hetero) is 1. The zero-order valence-electron chi connectivity index (χ0n) is 9.52. The van der Waals surface area contributed by atoms with Gasteiger partial charge in [-0.3, -0.25) is 9.59 Å². The summed E-state index contributed by atoms with van der Waals surface area (Å²) >= 11 is 0. The molecule has 0 bridgehead atoms. The Bertz CT molecular complexity index is 330. The van der Waals surface area contributed by atoms with Gasteiger partial charge in [0.1, 0.15) is 24.1 Å². The molecular weight excluding hydrogens is 248 g/mol. The normalized spacial score (nSPS) is 36.3. The minimum atomic E-state index is -2.30. The van der Waals surface area contributed by atoms with Crippen molar-refractivity contribution in [2.75, 3.05) is 6.61 Å². The van der Waals surface area contributed by atoms with Crippen molar-refractivity contribution >= 4 is 11.8 Å². The highest BCUT2D eigenvalue weighted by Gasteiger charge is 2.49. The monoisotopic (exact) mass is 264 g/mol. The predicted molar refractivity (Wildman–Crippen MR) is 55.4 cm³/mol. The summed E-state index contributed by atoms with van der Waals surface area (Å²) in [5.74, 6) is -4.08. The fraction of sp³-hybridized carbons (Fsp3) is 0.800. The molecule has 0 spiro atoms. The minimum Gasteiger partial charge on any atom is -0.481 e. The average Bonchev–Trinajstić information content (AvgIpc) is 2.29. The van der Waals surface area contributed by atoms with Gasteiger partial charge in [0.05, 0.1) is 19.4 Å². The van der Waals surface area contributed by atoms with E-state index in [4.69, 9.17) is 9.84 Å². The van der Waals surface area contributed by atoms with E-state index in [0.717, 1.165) is 0 Å². The van der Waals surface area contributed by atoms with Crippen LogP contribution >= 0.6 is 0 Å². The van der Waals surface area contributed by atoms with Gasteiger partial charge in [-0.1, -0.05) is 0 Å². The second-order valence-electron chi connectivity index (χ2n) is 4.27. The maximum atomic E-state index is 11.4. The van der Waals surface area contributed by atoms with Gasteiger partial charge in [0.2, 0.25) is 5.79 Å². The van der Waals surface area contributed by atoms with Crippen LogP contribution in [0.4, 0.5) is 0 Å². The minimum absolute atomic E-state index is 0.313. The Kier molecular flexibility index (Phi) is 4.77. The number of aliphatic carboxylic acids is 1. The maximum Gasteiger partial charge on any atom is 0.303 e. The van der Waals surface area contributed by atoms with E-state index in [1.807, 2.05) is 0 Å². The van der Waals surface area contributed by atoms with Gasteiger partial charge in [0.15, 0.2) is 0 Å². The van der Waals surface area contributed by atoms with E-state index in [2.05, 4.69) is 0 Å². The molecule has 1 saturated heterocycles. The van der Waals surface area contributed by atoms with Gasteiger partial charge in [0, 0.05) is 6.42 Å². The number of aliphatic hydroxyl groups is 4. The molecule has 0 aromatic carbocycles. The largest absolute Gasteiger partial charge is 0.481 e. The molecule has 0 aliphatic carbocycles. The molecule has 0 aromatic rings. The molecule has 0 aromatic heterocycles. The third kappa shape index (κ3) is 3.47. The van der Waals surface area contributed by atoms with Gasteiger partial charge in [0.25, 0.3) is 0 Å². The van der Waals surface area contributed by atoms with E-state index in [1.54, 1.807) is 0 Å². The lowest BCUT2D eigenvalue weighted by molar-refractivity contribution is -0.320. The fourth-order valence-corrected chi connectivity index (χ4v) is 1.66. The van der Waals surface area contributed by atoms with Gasteiger partial charge in [-0.25, -0.2) is 0 Å². The first-order valence-corrected chi connectivity index (χ1v) is 5.40. The summed E-state index contributed by atoms with van der Waals surface area (Å²) in [5.41, 5.74) is 0. The first kappa shape index (κ1) is 15.0. The predicted octanol–water partition coefficient (Wildman–Crippen LogP) is -2.39. The van der Waals surface area contributed by atoms with Crippen molar-refractivity contribution < 1.29 is 39.9 Å². The first-order chi connectivity index (χ1) is 8.26. The van der Waals surface area contributed by atoms with Gasteiger partial charge in [-0.2, -0.15) is 0 Å². The number of aliphatic hydroxyl groups excluding tert-OH is 3. The van der Waals surface area contributed by atoms with E-state index in [1.165, 1.54) is 0 Å². The number of hydrogen-bond acceptors (Lipinski definition) is 7. The van der Waals surface area contributed by atoms with Crippen molar-refractivity contribution in [1.82, 2.24) is 0 Å². The molecule has 8 heteroatoms. The van der Waals surface area contributed by atoms with Crippen molar-refractivity contribution in [2.45, 2.75) is 43.4 Å². The van der Waals surface area contributed by atoms with Crippen LogP contribution in [0.3, 0.4) is 0 Å². The topological polar surface area (TPSA) is 145 Å². The smallest absolute Gasteiger partial charge is 0.303 e. The number of carboxylic acid groups (broad SMARTS) is 1. The van der Waals surface area contributed by atoms with Crippen LogP contribution in [0.5, 0.6) is 0 Å². The van der Waals surface area contributed by atoms with Crippen molar-refractivity contribution in [1.29, 1.82) is 0 Å². The molecule has 1 aliphatic heterocycles. The van der Waals surface area contributed by atoms with Crippen LogP contribution in [0.1, 0.15) is 19.3 Å². The van der Waals surface area contributed by atoms with E-state index < -0.39 is 55.3 Å². The molecular formula is C10H16O8. The lowest BCUT2D eigenvalue weighted by Crippen LogP contribution is -2.61. The number of carbonyl (C=O) groups excluding carboxylic acids is 1. The SMILES string of the molecule is O=C(O)CCC(=O)CC1(O)OC[C@@H](O)[C@H](O)[C@H]1O. The van der Waals surface area contributed by atoms with Gasteiger partial charge >= 0.3 is 5.97 Å². The van der Waals surface area contributed by atoms with Crippen molar-refractivity contribution in [2.24, 2.45) is 0 Å². The third-order valence-corrected chi connectivity index (χ3v) is 2.75. The zero-order valence-corrected chi connectivity index (χ0v) is 9.52. The molecule has 1 fully saturated rings. The van der Waals surface area contributed by atoms with Crippen molar-refractivity contribution in [3.63, 3.8) is 0 Å². The lowest BCUT2D eigenvalue weighted by atomic mass is 9.92. The van der Waals surface area contributed by atoms with Gasteiger partial charge in [-0.05, 0) is 0 Å². The highest BCUT2D eigenvalue weighted by Crippen LogP contribution is 2.27. The number of ether oxygens (including phenoxy) is 1. The van der Waals surface area contributed by atoms with E-state index in [-0.39, 0.29) is 6.42 Å². The van der Waals surface area contributed by atoms with E-state index >= 15 is 0 Å². The summed E-state index contributed by atoms with van der Waals surface area (Å²) in [6, 6.07) is 0. The zero-order chi connectivity index (χ0) is 13.9. The van der Waals surface area contributed by atoms with E-state index in [0.29, 0.717) is 0 Å². The number of carboxylic acids is 1. The molecule has 1 rings (SSSR count). The Labute approximate surface area is 102 Å². The third-order valence-electron chi connectivity index (χ3n) is 2.75. The standard InChI is InChI=1S/C10H16O8/c11-5(1-2-7(13)14)3-10(17)9(16)8(15)6(12)4-18-10/h6,8-9,12,15-17H,1-4H2,(H,13,14)/t6-,8+,9-,10?/m1/s1. The van der Waals surface area contributed by atoms with Crippen LogP contribution < -0.4 is 0 Å². The summed E-state index contributed by atoms with van der Waals surface area (Å²) in [7, 11) is 0. The Balaban J connectivity index is 2.58. The number of ketones is 1. The molecule has 4 atom stereocenters. The molecule has 0 radical (unpaired) electrons. The second-order valence-corrected chi connectivity index (χ2v) is 4.27. The van der Waals surface area contributed by atoms with Gasteiger partial charge < -0.3 is 30.3 Å². The molecule has 1 aliphatic rings. The first-order valence-electron chi connectivity index (χ1n) is 5.40. The molecule has 1 unspecified atom stereocenters. The number of rotatable bonds is 5. The molecule has 0 amide bonds. The van der Waals surface area contributed by atoms with Crippen molar-refractivity contribution in [3.05, 3.63) is 0 Å². The summed E-state index contributed by atoms with van der Waals surface area (Å²) < 4.78 is 4.77. The van der Waals surface area contributed by atoms with Crippen LogP contribution in [-0.4, -0.2) is 68.0 Å². The fourth-order valence-electron chi connectivity index (χ4n) is 1.66. The van der Waals surface area contributed by atoms with Crippen LogP contribution in [0, 0.1) is 0 Å². The Morgan fingerprint density at radius 3 is 2.39 bits per heavy atom. The molecule has 5 N–H and O–H groups in total. The average molecular weight is 264 g/mol. The van der Waals surface area contributed by atoms with Crippen molar-refractivity contribution in [3.8, 4) is 0 Å². The van der Waals surface area contributed by atoms with Crippen LogP contribution in [0.15, 0.2) is 0 Å². The summed E-state index contributed by atoms with van der Waals surface area (Å²) in [6.45, 7) is -0.430. The number of hydrogen-bond donors (Lipinski definition) is 5. The molecule has 1 heterocycles. The highest BCUT2D eigenvalue weighted by molar-refractivity contribution is 5.83. The summed E-state index contributed by atoms with van der Waals surface area (Å²) in [4.78, 5) is 21.7. The Morgan fingerprint density at radius 1 is 1.22 bits per heavy atom. The van der Waals surface area contributed by atoms with E-state index in [9.17, 15) is 30.0 Å². The Morgan fingerprint density at radius 2 is 1.83 bits per heavy atom.